The smallest absolute Gasteiger partial charge is 0.257 e. The fourth-order valence-electron chi connectivity index (χ4n) is 3.04. The van der Waals surface area contributed by atoms with Crippen LogP contribution in [0.15, 0.2) is 75.6 Å². The molecule has 4 rings (SSSR count). The Hall–Kier alpha value is -3.47. The zero-order chi connectivity index (χ0) is 18.1. The number of benzene rings is 2. The summed E-state index contributed by atoms with van der Waals surface area (Å²) in [7, 11) is 0. The molecule has 1 aliphatic heterocycles. The van der Waals surface area contributed by atoms with Crippen molar-refractivity contribution in [2.45, 2.75) is 13.0 Å². The summed E-state index contributed by atoms with van der Waals surface area (Å²) in [5, 5.41) is 0.444. The molecule has 1 saturated heterocycles. The quantitative estimate of drug-likeness (QED) is 0.540. The van der Waals surface area contributed by atoms with Gasteiger partial charge in [-0.15, -0.1) is 0 Å². The number of nitrogens with zero attached hydrogens (tertiary/aromatic N) is 1. The lowest BCUT2D eigenvalue weighted by Crippen LogP contribution is -2.28. The molecule has 0 radical (unpaired) electrons. The summed E-state index contributed by atoms with van der Waals surface area (Å²) in [5.41, 5.74) is 1.70. The van der Waals surface area contributed by atoms with E-state index in [0.717, 1.165) is 5.56 Å². The van der Waals surface area contributed by atoms with E-state index in [-0.39, 0.29) is 35.8 Å². The highest BCUT2D eigenvalue weighted by Gasteiger charge is 2.33. The molecule has 5 nitrogen and oxygen atoms in total. The van der Waals surface area contributed by atoms with Gasteiger partial charge in [0, 0.05) is 5.57 Å². The molecule has 0 aliphatic carbocycles. The van der Waals surface area contributed by atoms with Crippen LogP contribution >= 0.6 is 0 Å². The molecule has 0 bridgehead atoms. The third kappa shape index (κ3) is 2.84. The van der Waals surface area contributed by atoms with Gasteiger partial charge in [0.05, 0.1) is 23.9 Å². The molecular formula is C21H15NO4. The Morgan fingerprint density at radius 1 is 0.962 bits per heavy atom. The summed E-state index contributed by atoms with van der Waals surface area (Å²) < 4.78 is 5.46. The highest BCUT2D eigenvalue weighted by atomic mass is 16.3. The summed E-state index contributed by atoms with van der Waals surface area (Å²) in [6.07, 6.45) is 2.77. The predicted octanol–water partition coefficient (Wildman–Crippen LogP) is 3.14. The van der Waals surface area contributed by atoms with E-state index in [1.54, 1.807) is 24.3 Å². The molecule has 0 spiro atoms. The van der Waals surface area contributed by atoms with Crippen LogP contribution in [0.4, 0.5) is 0 Å². The number of para-hydroxylation sites is 1. The first-order chi connectivity index (χ1) is 12.6. The van der Waals surface area contributed by atoms with Gasteiger partial charge in [0.1, 0.15) is 11.8 Å². The number of carbonyl (C=O) groups excluding carboxylic acids is 2. The zero-order valence-electron chi connectivity index (χ0n) is 13.8. The van der Waals surface area contributed by atoms with Gasteiger partial charge in [-0.2, -0.15) is 0 Å². The van der Waals surface area contributed by atoms with Gasteiger partial charge in [-0.1, -0.05) is 42.5 Å². The molecule has 128 valence electrons. The maximum Gasteiger partial charge on any atom is 0.257 e. The molecule has 1 fully saturated rings. The summed E-state index contributed by atoms with van der Waals surface area (Å²) in [6, 6.07) is 16.2. The van der Waals surface area contributed by atoms with Gasteiger partial charge in [0.2, 0.25) is 5.91 Å². The minimum atomic E-state index is -0.369. The van der Waals surface area contributed by atoms with Crippen LogP contribution in [-0.2, 0) is 16.1 Å². The average Bonchev–Trinajstić information content (AvgIpc) is 2.92. The zero-order valence-corrected chi connectivity index (χ0v) is 13.8. The molecule has 2 heterocycles. The minimum Gasteiger partial charge on any atom is -0.463 e. The lowest BCUT2D eigenvalue weighted by atomic mass is 10.1. The molecule has 2 amide bonds. The Bertz CT molecular complexity index is 1100. The lowest BCUT2D eigenvalue weighted by Gasteiger charge is -2.13. The SMILES string of the molecule is O=C1CC(=Cc2coc3ccccc3c2=O)C(=O)N1Cc1ccccc1. The van der Waals surface area contributed by atoms with Crippen molar-refractivity contribution in [3.63, 3.8) is 0 Å². The Kier molecular flexibility index (Phi) is 3.97. The molecule has 0 saturated carbocycles. The third-order valence-electron chi connectivity index (χ3n) is 4.38. The second-order valence-electron chi connectivity index (χ2n) is 6.13. The van der Waals surface area contributed by atoms with E-state index in [1.165, 1.54) is 17.2 Å². The van der Waals surface area contributed by atoms with Crippen molar-refractivity contribution in [1.82, 2.24) is 4.90 Å². The first-order valence-corrected chi connectivity index (χ1v) is 8.23. The number of amides is 2. The van der Waals surface area contributed by atoms with Gasteiger partial charge in [0.15, 0.2) is 5.43 Å². The molecule has 2 aromatic carbocycles. The Morgan fingerprint density at radius 2 is 1.69 bits per heavy atom. The van der Waals surface area contributed by atoms with E-state index in [4.69, 9.17) is 4.42 Å². The second kappa shape index (κ2) is 6.44. The molecule has 0 N–H and O–H groups in total. The van der Waals surface area contributed by atoms with Gasteiger partial charge < -0.3 is 4.42 Å². The van der Waals surface area contributed by atoms with Crippen LogP contribution in [-0.4, -0.2) is 16.7 Å². The number of imide groups is 1. The van der Waals surface area contributed by atoms with Crippen molar-refractivity contribution in [2.24, 2.45) is 0 Å². The normalized spacial score (nSPS) is 16.0. The number of fused-ring (bicyclic) bond motifs is 1. The van der Waals surface area contributed by atoms with E-state index < -0.39 is 0 Å². The molecule has 0 atom stereocenters. The highest BCUT2D eigenvalue weighted by Crippen LogP contribution is 2.23. The van der Waals surface area contributed by atoms with Gasteiger partial charge in [-0.3, -0.25) is 19.3 Å². The van der Waals surface area contributed by atoms with Crippen molar-refractivity contribution in [1.29, 1.82) is 0 Å². The maximum absolute atomic E-state index is 12.6. The Balaban J connectivity index is 1.66. The molecule has 26 heavy (non-hydrogen) atoms. The summed E-state index contributed by atoms with van der Waals surface area (Å²) in [4.78, 5) is 38.6. The number of hydrogen-bond donors (Lipinski definition) is 0. The van der Waals surface area contributed by atoms with Crippen molar-refractivity contribution >= 4 is 28.9 Å². The lowest BCUT2D eigenvalue weighted by molar-refractivity contribution is -0.138. The Morgan fingerprint density at radius 3 is 2.50 bits per heavy atom. The standard InChI is InChI=1S/C21H15NO4/c23-19-11-15(21(25)22(19)12-14-6-2-1-3-7-14)10-16-13-26-18-9-5-4-8-17(18)20(16)24/h1-10,13H,11-12H2. The molecule has 3 aromatic rings. The number of hydrogen-bond acceptors (Lipinski definition) is 4. The van der Waals surface area contributed by atoms with Crippen LogP contribution in [0, 0.1) is 0 Å². The molecule has 0 unspecified atom stereocenters. The van der Waals surface area contributed by atoms with Crippen LogP contribution < -0.4 is 5.43 Å². The van der Waals surface area contributed by atoms with Crippen LogP contribution in [0.5, 0.6) is 0 Å². The average molecular weight is 345 g/mol. The fraction of sp³-hybridized carbons (Fsp3) is 0.0952. The maximum atomic E-state index is 12.6. The van der Waals surface area contributed by atoms with Crippen LogP contribution in [0.25, 0.3) is 17.0 Å². The summed E-state index contributed by atoms with van der Waals surface area (Å²) in [6.45, 7) is 0.224. The fourth-order valence-corrected chi connectivity index (χ4v) is 3.04. The third-order valence-corrected chi connectivity index (χ3v) is 4.38. The van der Waals surface area contributed by atoms with Crippen LogP contribution in [0.1, 0.15) is 17.5 Å². The van der Waals surface area contributed by atoms with Crippen LogP contribution in [0.3, 0.4) is 0 Å². The van der Waals surface area contributed by atoms with Crippen molar-refractivity contribution in [3.8, 4) is 0 Å². The van der Waals surface area contributed by atoms with Crippen molar-refractivity contribution in [2.75, 3.05) is 0 Å². The highest BCUT2D eigenvalue weighted by molar-refractivity contribution is 6.15. The van der Waals surface area contributed by atoms with Gasteiger partial charge in [-0.25, -0.2) is 0 Å². The second-order valence-corrected chi connectivity index (χ2v) is 6.13. The van der Waals surface area contributed by atoms with E-state index in [0.29, 0.717) is 16.5 Å². The topological polar surface area (TPSA) is 67.6 Å². The monoisotopic (exact) mass is 345 g/mol. The first-order valence-electron chi connectivity index (χ1n) is 8.23. The van der Waals surface area contributed by atoms with Crippen LogP contribution in [0.2, 0.25) is 0 Å². The molecule has 1 aromatic heterocycles. The van der Waals surface area contributed by atoms with E-state index in [2.05, 4.69) is 0 Å². The minimum absolute atomic E-state index is 0.0159. The molecule has 1 aliphatic rings. The molecular weight excluding hydrogens is 330 g/mol. The summed E-state index contributed by atoms with van der Waals surface area (Å²) >= 11 is 0. The number of likely N-dealkylation sites (tertiary alicyclic amines) is 1. The van der Waals surface area contributed by atoms with E-state index in [9.17, 15) is 14.4 Å². The first kappa shape index (κ1) is 16.0. The number of carbonyl (C=O) groups is 2. The van der Waals surface area contributed by atoms with E-state index in [1.807, 2.05) is 30.3 Å². The van der Waals surface area contributed by atoms with Gasteiger partial charge in [0.25, 0.3) is 5.91 Å². The van der Waals surface area contributed by atoms with Gasteiger partial charge >= 0.3 is 0 Å². The van der Waals surface area contributed by atoms with Crippen molar-refractivity contribution in [3.05, 3.63) is 87.8 Å². The van der Waals surface area contributed by atoms with Crippen molar-refractivity contribution < 1.29 is 14.0 Å². The number of rotatable bonds is 3. The largest absolute Gasteiger partial charge is 0.463 e. The molecule has 5 heteroatoms. The Labute approximate surface area is 149 Å². The van der Waals surface area contributed by atoms with Gasteiger partial charge in [-0.05, 0) is 23.8 Å². The summed E-state index contributed by atoms with van der Waals surface area (Å²) in [5.74, 6) is -0.637. The predicted molar refractivity (Wildman–Crippen MR) is 97.1 cm³/mol. The van der Waals surface area contributed by atoms with E-state index >= 15 is 0 Å².